The fraction of sp³-hybridized carbons (Fsp3) is 0.250. The van der Waals surface area contributed by atoms with Gasteiger partial charge in [0, 0.05) is 30.1 Å². The highest BCUT2D eigenvalue weighted by Crippen LogP contribution is 2.16. The summed E-state index contributed by atoms with van der Waals surface area (Å²) in [5, 5.41) is 1.15. The second-order valence-corrected chi connectivity index (χ2v) is 3.60. The molecule has 0 unspecified atom stereocenters. The standard InChI is InChI=1S/C12H15N3/c13-7-10(8-14)12-6-5-9-3-1-2-4-11(9)15-12/h1-6,10H,7-8,13-14H2. The van der Waals surface area contributed by atoms with Gasteiger partial charge in [-0.1, -0.05) is 24.3 Å². The minimum absolute atomic E-state index is 0.162. The van der Waals surface area contributed by atoms with Crippen molar-refractivity contribution < 1.29 is 0 Å². The molecule has 3 heteroatoms. The Kier molecular flexibility index (Phi) is 2.94. The molecule has 0 spiro atoms. The van der Waals surface area contributed by atoms with Gasteiger partial charge in [-0.25, -0.2) is 0 Å². The van der Waals surface area contributed by atoms with Gasteiger partial charge >= 0.3 is 0 Å². The van der Waals surface area contributed by atoms with E-state index in [0.717, 1.165) is 16.6 Å². The Balaban J connectivity index is 2.46. The Bertz CT molecular complexity index is 449. The minimum Gasteiger partial charge on any atom is -0.330 e. The van der Waals surface area contributed by atoms with Crippen molar-refractivity contribution in [3.8, 4) is 0 Å². The van der Waals surface area contributed by atoms with Crippen LogP contribution in [-0.4, -0.2) is 18.1 Å². The minimum atomic E-state index is 0.162. The van der Waals surface area contributed by atoms with Crippen LogP contribution in [0.1, 0.15) is 11.6 Å². The van der Waals surface area contributed by atoms with Gasteiger partial charge in [-0.3, -0.25) is 4.98 Å². The lowest BCUT2D eigenvalue weighted by atomic mass is 10.0. The van der Waals surface area contributed by atoms with Crippen LogP contribution in [0.25, 0.3) is 10.9 Å². The molecule has 0 radical (unpaired) electrons. The molecule has 4 N–H and O–H groups in total. The Morgan fingerprint density at radius 3 is 2.47 bits per heavy atom. The van der Waals surface area contributed by atoms with Crippen LogP contribution in [0, 0.1) is 0 Å². The summed E-state index contributed by atoms with van der Waals surface area (Å²) in [7, 11) is 0. The van der Waals surface area contributed by atoms with Crippen molar-refractivity contribution in [3.63, 3.8) is 0 Å². The van der Waals surface area contributed by atoms with E-state index in [9.17, 15) is 0 Å². The molecule has 0 aliphatic carbocycles. The third kappa shape index (κ3) is 1.98. The lowest BCUT2D eigenvalue weighted by molar-refractivity contribution is 0.689. The normalized spacial score (nSPS) is 11.1. The molecule has 0 saturated heterocycles. The van der Waals surface area contributed by atoms with Crippen LogP contribution in [-0.2, 0) is 0 Å². The molecule has 0 bridgehead atoms. The van der Waals surface area contributed by atoms with Gasteiger partial charge in [-0.2, -0.15) is 0 Å². The van der Waals surface area contributed by atoms with Crippen molar-refractivity contribution in [1.29, 1.82) is 0 Å². The molecule has 0 fully saturated rings. The first-order chi connectivity index (χ1) is 7.35. The molecule has 1 aromatic carbocycles. The molecular formula is C12H15N3. The van der Waals surface area contributed by atoms with Crippen molar-refractivity contribution in [1.82, 2.24) is 4.98 Å². The number of pyridine rings is 1. The molecule has 0 aliphatic heterocycles. The molecule has 78 valence electrons. The van der Waals surface area contributed by atoms with Gasteiger partial charge in [-0.15, -0.1) is 0 Å². The molecule has 0 aliphatic rings. The maximum Gasteiger partial charge on any atom is 0.0705 e. The first-order valence-corrected chi connectivity index (χ1v) is 5.11. The molecule has 0 saturated carbocycles. The summed E-state index contributed by atoms with van der Waals surface area (Å²) < 4.78 is 0. The number of para-hydroxylation sites is 1. The maximum absolute atomic E-state index is 5.64. The average molecular weight is 201 g/mol. The summed E-state index contributed by atoms with van der Waals surface area (Å²) >= 11 is 0. The zero-order chi connectivity index (χ0) is 10.7. The molecule has 1 aromatic heterocycles. The van der Waals surface area contributed by atoms with E-state index in [1.807, 2.05) is 30.3 Å². The molecule has 2 rings (SSSR count). The fourth-order valence-corrected chi connectivity index (χ4v) is 1.65. The Morgan fingerprint density at radius 2 is 1.73 bits per heavy atom. The summed E-state index contributed by atoms with van der Waals surface area (Å²) in [5.74, 6) is 0.162. The number of hydrogen-bond acceptors (Lipinski definition) is 3. The number of rotatable bonds is 3. The van der Waals surface area contributed by atoms with Gasteiger partial charge < -0.3 is 11.5 Å². The van der Waals surface area contributed by atoms with Crippen molar-refractivity contribution >= 4 is 10.9 Å². The van der Waals surface area contributed by atoms with E-state index in [2.05, 4.69) is 11.1 Å². The van der Waals surface area contributed by atoms with Gasteiger partial charge in [0.05, 0.1) is 5.52 Å². The maximum atomic E-state index is 5.64. The summed E-state index contributed by atoms with van der Waals surface area (Å²) in [6.45, 7) is 1.09. The zero-order valence-electron chi connectivity index (χ0n) is 8.56. The SMILES string of the molecule is NCC(CN)c1ccc2ccccc2n1. The number of hydrogen-bond donors (Lipinski definition) is 2. The highest BCUT2D eigenvalue weighted by molar-refractivity contribution is 5.78. The van der Waals surface area contributed by atoms with Crippen LogP contribution in [0.3, 0.4) is 0 Å². The van der Waals surface area contributed by atoms with E-state index in [1.165, 1.54) is 0 Å². The Labute approximate surface area is 89.1 Å². The Hall–Kier alpha value is -1.45. The third-order valence-corrected chi connectivity index (χ3v) is 2.61. The molecule has 1 heterocycles. The van der Waals surface area contributed by atoms with Gasteiger partial charge in [0.1, 0.15) is 0 Å². The second-order valence-electron chi connectivity index (χ2n) is 3.60. The highest BCUT2D eigenvalue weighted by atomic mass is 14.7. The highest BCUT2D eigenvalue weighted by Gasteiger charge is 2.08. The molecule has 3 nitrogen and oxygen atoms in total. The summed E-state index contributed by atoms with van der Waals surface area (Å²) in [4.78, 5) is 4.56. The fourth-order valence-electron chi connectivity index (χ4n) is 1.65. The van der Waals surface area contributed by atoms with Crippen LogP contribution >= 0.6 is 0 Å². The number of fused-ring (bicyclic) bond motifs is 1. The molecule has 0 amide bonds. The quantitative estimate of drug-likeness (QED) is 0.785. The lowest BCUT2D eigenvalue weighted by Crippen LogP contribution is -2.22. The van der Waals surface area contributed by atoms with Gasteiger partial charge in [0.2, 0.25) is 0 Å². The molecule has 15 heavy (non-hydrogen) atoms. The summed E-state index contributed by atoms with van der Waals surface area (Å²) in [5.41, 5.74) is 13.3. The smallest absolute Gasteiger partial charge is 0.0705 e. The van der Waals surface area contributed by atoms with Gasteiger partial charge in [-0.05, 0) is 12.1 Å². The van der Waals surface area contributed by atoms with E-state index in [-0.39, 0.29) is 5.92 Å². The predicted octanol–water partition coefficient (Wildman–Crippen LogP) is 1.24. The van der Waals surface area contributed by atoms with Gasteiger partial charge in [0.25, 0.3) is 0 Å². The second kappa shape index (κ2) is 4.38. The lowest BCUT2D eigenvalue weighted by Gasteiger charge is -2.11. The molecular weight excluding hydrogens is 186 g/mol. The van der Waals surface area contributed by atoms with Crippen LogP contribution in [0.4, 0.5) is 0 Å². The number of benzene rings is 1. The van der Waals surface area contributed by atoms with Crippen molar-refractivity contribution in [2.45, 2.75) is 5.92 Å². The van der Waals surface area contributed by atoms with Crippen LogP contribution in [0.5, 0.6) is 0 Å². The number of aromatic nitrogens is 1. The Morgan fingerprint density at radius 1 is 1.00 bits per heavy atom. The first kappa shape index (κ1) is 10.1. The van der Waals surface area contributed by atoms with E-state index >= 15 is 0 Å². The monoisotopic (exact) mass is 201 g/mol. The third-order valence-electron chi connectivity index (χ3n) is 2.61. The van der Waals surface area contributed by atoms with E-state index in [1.54, 1.807) is 0 Å². The summed E-state index contributed by atoms with van der Waals surface area (Å²) in [6.07, 6.45) is 0. The number of nitrogens with zero attached hydrogens (tertiary/aromatic N) is 1. The van der Waals surface area contributed by atoms with Crippen molar-refractivity contribution in [2.75, 3.05) is 13.1 Å². The van der Waals surface area contributed by atoms with E-state index in [4.69, 9.17) is 11.5 Å². The molecule has 0 atom stereocenters. The largest absolute Gasteiger partial charge is 0.330 e. The predicted molar refractivity (Wildman–Crippen MR) is 62.6 cm³/mol. The zero-order valence-corrected chi connectivity index (χ0v) is 8.56. The average Bonchev–Trinajstić information content (AvgIpc) is 2.30. The van der Waals surface area contributed by atoms with E-state index < -0.39 is 0 Å². The topological polar surface area (TPSA) is 64.9 Å². The van der Waals surface area contributed by atoms with Crippen molar-refractivity contribution in [3.05, 3.63) is 42.1 Å². The van der Waals surface area contributed by atoms with Crippen LogP contribution in [0.2, 0.25) is 0 Å². The van der Waals surface area contributed by atoms with E-state index in [0.29, 0.717) is 13.1 Å². The van der Waals surface area contributed by atoms with Crippen molar-refractivity contribution in [2.24, 2.45) is 11.5 Å². The van der Waals surface area contributed by atoms with Gasteiger partial charge in [0.15, 0.2) is 0 Å². The van der Waals surface area contributed by atoms with Crippen LogP contribution < -0.4 is 11.5 Å². The summed E-state index contributed by atoms with van der Waals surface area (Å²) in [6, 6.07) is 12.1. The van der Waals surface area contributed by atoms with Crippen LogP contribution in [0.15, 0.2) is 36.4 Å². The first-order valence-electron chi connectivity index (χ1n) is 5.11. The molecule has 2 aromatic rings. The number of nitrogens with two attached hydrogens (primary N) is 2.